The van der Waals surface area contributed by atoms with Gasteiger partial charge in [0, 0.05) is 24.6 Å². The summed E-state index contributed by atoms with van der Waals surface area (Å²) in [4.78, 5) is 30.7. The van der Waals surface area contributed by atoms with Gasteiger partial charge in [0.2, 0.25) is 11.7 Å². The third kappa shape index (κ3) is 4.85. The average molecular weight is 588 g/mol. The molecule has 0 aliphatic carbocycles. The number of primary amides is 1. The molecule has 0 saturated carbocycles. The predicted octanol–water partition coefficient (Wildman–Crippen LogP) is 4.23. The monoisotopic (exact) mass is 587 g/mol. The van der Waals surface area contributed by atoms with Gasteiger partial charge in [0.25, 0.3) is 5.91 Å². The summed E-state index contributed by atoms with van der Waals surface area (Å²) in [6.07, 6.45) is 1.73. The van der Waals surface area contributed by atoms with Gasteiger partial charge in [0.15, 0.2) is 11.5 Å². The van der Waals surface area contributed by atoms with E-state index < -0.39 is 22.8 Å². The molecule has 228 valence electrons. The largest absolute Gasteiger partial charge is 0.508 e. The molecule has 2 fully saturated rings. The lowest BCUT2D eigenvalue weighted by molar-refractivity contribution is -0.131. The third-order valence-electron chi connectivity index (χ3n) is 9.67. The first-order chi connectivity index (χ1) is 20.8. The third-order valence-corrected chi connectivity index (χ3v) is 9.67. The number of rotatable bonds is 9. The molecule has 2 heterocycles. The number of carbonyl (C=O) groups excluding carboxylic acids is 2. The van der Waals surface area contributed by atoms with Crippen LogP contribution >= 0.6 is 0 Å². The summed E-state index contributed by atoms with van der Waals surface area (Å²) in [5.41, 5.74) is 6.59. The normalized spacial score (nSPS) is 25.3. The van der Waals surface area contributed by atoms with Gasteiger partial charge in [-0.05, 0) is 67.1 Å². The number of likely N-dealkylation sites (tertiary alicyclic amines) is 1. The quantitative estimate of drug-likeness (QED) is 0.342. The molecule has 4 atom stereocenters. The van der Waals surface area contributed by atoms with Gasteiger partial charge in [0.1, 0.15) is 5.75 Å². The second-order valence-electron chi connectivity index (χ2n) is 11.4. The van der Waals surface area contributed by atoms with Crippen LogP contribution in [0.15, 0.2) is 66.7 Å². The van der Waals surface area contributed by atoms with Crippen molar-refractivity contribution in [3.05, 3.63) is 83.4 Å². The first kappa shape index (κ1) is 30.2. The molecule has 2 aliphatic rings. The van der Waals surface area contributed by atoms with E-state index >= 15 is 0 Å². The van der Waals surface area contributed by atoms with Crippen LogP contribution in [0.5, 0.6) is 23.0 Å². The zero-order valence-electron chi connectivity index (χ0n) is 25.3. The fraction of sp³-hybridized carbons (Fsp3) is 0.412. The number of hydrogen-bond acceptors (Lipinski definition) is 7. The zero-order chi connectivity index (χ0) is 30.8. The maximum absolute atomic E-state index is 14.8. The Morgan fingerprint density at radius 2 is 1.65 bits per heavy atom. The smallest absolute Gasteiger partial charge is 0.254 e. The number of nitrogens with two attached hydrogens (primary N) is 1. The Kier molecular flexibility index (Phi) is 8.55. The van der Waals surface area contributed by atoms with Gasteiger partial charge >= 0.3 is 0 Å². The van der Waals surface area contributed by atoms with Crippen molar-refractivity contribution < 1.29 is 28.9 Å². The van der Waals surface area contributed by atoms with Crippen molar-refractivity contribution in [2.75, 3.05) is 41.0 Å². The second-order valence-corrected chi connectivity index (χ2v) is 11.4. The molecule has 0 bridgehead atoms. The van der Waals surface area contributed by atoms with E-state index in [9.17, 15) is 14.7 Å². The summed E-state index contributed by atoms with van der Waals surface area (Å²) >= 11 is 0. The van der Waals surface area contributed by atoms with Crippen LogP contribution in [0.3, 0.4) is 0 Å². The van der Waals surface area contributed by atoms with Crippen molar-refractivity contribution in [1.82, 2.24) is 10.2 Å². The van der Waals surface area contributed by atoms with Crippen LogP contribution in [0.25, 0.3) is 0 Å². The van der Waals surface area contributed by atoms with E-state index in [1.54, 1.807) is 24.3 Å². The van der Waals surface area contributed by atoms with Gasteiger partial charge in [-0.3, -0.25) is 9.59 Å². The molecule has 0 aromatic heterocycles. The molecule has 5 rings (SSSR count). The van der Waals surface area contributed by atoms with Gasteiger partial charge in [0.05, 0.1) is 32.3 Å². The van der Waals surface area contributed by atoms with E-state index in [-0.39, 0.29) is 17.6 Å². The number of methoxy groups -OCH3 is 3. The van der Waals surface area contributed by atoms with Crippen molar-refractivity contribution in [3.63, 3.8) is 0 Å². The number of piperidine rings is 1. The minimum atomic E-state index is -1.11. The molecule has 9 heteroatoms. The molecule has 3 aromatic rings. The maximum Gasteiger partial charge on any atom is 0.254 e. The lowest BCUT2D eigenvalue weighted by Gasteiger charge is -2.61. The molecular weight excluding hydrogens is 546 g/mol. The van der Waals surface area contributed by atoms with E-state index in [0.717, 1.165) is 24.1 Å². The van der Waals surface area contributed by atoms with Crippen molar-refractivity contribution in [2.45, 2.75) is 43.1 Å². The fourth-order valence-corrected chi connectivity index (χ4v) is 7.79. The van der Waals surface area contributed by atoms with Gasteiger partial charge in [-0.1, -0.05) is 49.4 Å². The molecule has 2 amide bonds. The summed E-state index contributed by atoms with van der Waals surface area (Å²) < 4.78 is 16.7. The Labute approximate surface area is 252 Å². The standard InChI is InChI=1S/C34H41N3O6/c1-5-34(25-15-17-36-21-25)30(22-11-13-26(38)14-12-22)33(32(35)40,24-9-7-6-8-10-24)16-18-37(34)31(39)23-19-27(41-2)29(43-4)28(20-23)42-3/h6-14,19-20,25,30,36,38H,5,15-18,21H2,1-4H3,(H2,35,40). The number of phenolic OH excluding ortho intramolecular Hbond substituents is 1. The maximum atomic E-state index is 14.8. The number of ether oxygens (including phenoxy) is 3. The average Bonchev–Trinajstić information content (AvgIpc) is 3.59. The minimum absolute atomic E-state index is 0.0185. The van der Waals surface area contributed by atoms with Crippen LogP contribution < -0.4 is 25.3 Å². The summed E-state index contributed by atoms with van der Waals surface area (Å²) in [5, 5.41) is 13.7. The Morgan fingerprint density at radius 3 is 2.16 bits per heavy atom. The molecule has 9 nitrogen and oxygen atoms in total. The number of nitrogens with zero attached hydrogens (tertiary/aromatic N) is 1. The Morgan fingerprint density at radius 1 is 1.00 bits per heavy atom. The van der Waals surface area contributed by atoms with Crippen molar-refractivity contribution >= 4 is 11.8 Å². The molecule has 4 unspecified atom stereocenters. The van der Waals surface area contributed by atoms with E-state index in [2.05, 4.69) is 12.2 Å². The van der Waals surface area contributed by atoms with Gasteiger partial charge in [-0.2, -0.15) is 0 Å². The minimum Gasteiger partial charge on any atom is -0.508 e. The highest BCUT2D eigenvalue weighted by Crippen LogP contribution is 2.58. The molecular formula is C34H41N3O6. The van der Waals surface area contributed by atoms with Crippen LogP contribution in [-0.2, 0) is 10.2 Å². The van der Waals surface area contributed by atoms with Gasteiger partial charge in [-0.25, -0.2) is 0 Å². The zero-order valence-corrected chi connectivity index (χ0v) is 25.3. The van der Waals surface area contributed by atoms with Crippen LogP contribution in [-0.4, -0.2) is 68.3 Å². The first-order valence-corrected chi connectivity index (χ1v) is 14.8. The lowest BCUT2D eigenvalue weighted by Crippen LogP contribution is -2.70. The second kappa shape index (κ2) is 12.2. The van der Waals surface area contributed by atoms with Crippen molar-refractivity contribution in [1.29, 1.82) is 0 Å². The number of nitrogens with one attached hydrogen (secondary N) is 1. The van der Waals surface area contributed by atoms with Crippen LogP contribution in [0, 0.1) is 5.92 Å². The Balaban J connectivity index is 1.79. The van der Waals surface area contributed by atoms with Crippen LogP contribution in [0.1, 0.15) is 53.6 Å². The van der Waals surface area contributed by atoms with Gasteiger partial charge in [-0.15, -0.1) is 0 Å². The number of carbonyl (C=O) groups is 2. The van der Waals surface area contributed by atoms with E-state index in [1.165, 1.54) is 21.3 Å². The number of amides is 2. The number of benzene rings is 3. The molecule has 4 N–H and O–H groups in total. The molecule has 2 aliphatic heterocycles. The summed E-state index contributed by atoms with van der Waals surface area (Å²) in [6.45, 7) is 3.89. The molecule has 2 saturated heterocycles. The fourth-order valence-electron chi connectivity index (χ4n) is 7.79. The lowest BCUT2D eigenvalue weighted by atomic mass is 9.51. The highest BCUT2D eigenvalue weighted by Gasteiger charge is 2.64. The van der Waals surface area contributed by atoms with E-state index in [4.69, 9.17) is 19.9 Å². The van der Waals surface area contributed by atoms with Crippen LogP contribution in [0.2, 0.25) is 0 Å². The Hall–Kier alpha value is -4.24. The first-order valence-electron chi connectivity index (χ1n) is 14.8. The highest BCUT2D eigenvalue weighted by molar-refractivity contribution is 5.97. The van der Waals surface area contributed by atoms with Crippen molar-refractivity contribution in [3.8, 4) is 23.0 Å². The number of phenols is 1. The number of aromatic hydroxyl groups is 1. The predicted molar refractivity (Wildman–Crippen MR) is 164 cm³/mol. The van der Waals surface area contributed by atoms with Gasteiger partial charge < -0.3 is 35.3 Å². The summed E-state index contributed by atoms with van der Waals surface area (Å²) in [7, 11) is 4.57. The molecule has 0 spiro atoms. The Bertz CT molecular complexity index is 1430. The SMILES string of the molecule is CCC1(C2CCNC2)C(c2ccc(O)cc2)C(C(N)=O)(c2ccccc2)CCN1C(=O)c1cc(OC)c(OC)c(OC)c1. The summed E-state index contributed by atoms with van der Waals surface area (Å²) in [5.74, 6) is 0.193. The summed E-state index contributed by atoms with van der Waals surface area (Å²) in [6, 6.07) is 20.0. The topological polar surface area (TPSA) is 123 Å². The highest BCUT2D eigenvalue weighted by atomic mass is 16.5. The number of hydrogen-bond donors (Lipinski definition) is 3. The van der Waals surface area contributed by atoms with E-state index in [1.807, 2.05) is 47.4 Å². The molecule has 0 radical (unpaired) electrons. The molecule has 3 aromatic carbocycles. The molecule has 43 heavy (non-hydrogen) atoms. The van der Waals surface area contributed by atoms with Crippen molar-refractivity contribution in [2.24, 2.45) is 11.7 Å². The van der Waals surface area contributed by atoms with E-state index in [0.29, 0.717) is 48.7 Å². The van der Waals surface area contributed by atoms with Crippen LogP contribution in [0.4, 0.5) is 0 Å².